The van der Waals surface area contributed by atoms with Gasteiger partial charge in [-0.1, -0.05) is 54.1 Å². The number of nitrogens with zero attached hydrogens (tertiary/aromatic N) is 3. The summed E-state index contributed by atoms with van der Waals surface area (Å²) in [7, 11) is 1.61. The Morgan fingerprint density at radius 3 is 2.50 bits per heavy atom. The summed E-state index contributed by atoms with van der Waals surface area (Å²) >= 11 is 0. The van der Waals surface area contributed by atoms with E-state index in [1.54, 1.807) is 24.1 Å². The van der Waals surface area contributed by atoms with E-state index in [1.807, 2.05) is 86.6 Å². The maximum absolute atomic E-state index is 12.8. The zero-order valence-electron chi connectivity index (χ0n) is 18.2. The summed E-state index contributed by atoms with van der Waals surface area (Å²) in [4.78, 5) is 12.8. The predicted molar refractivity (Wildman–Crippen MR) is 127 cm³/mol. The summed E-state index contributed by atoms with van der Waals surface area (Å²) < 4.78 is 7.00. The lowest BCUT2D eigenvalue weighted by Crippen LogP contribution is -2.18. The number of carbonyl (C=O) groups is 1. The van der Waals surface area contributed by atoms with Crippen LogP contribution >= 0.6 is 0 Å². The van der Waals surface area contributed by atoms with Crippen molar-refractivity contribution >= 4 is 12.1 Å². The van der Waals surface area contributed by atoms with Gasteiger partial charge in [0.1, 0.15) is 5.75 Å². The molecule has 0 aliphatic rings. The molecule has 0 aliphatic heterocycles. The number of hydrogen-bond acceptors (Lipinski definition) is 4. The highest BCUT2D eigenvalue weighted by Crippen LogP contribution is 2.25. The minimum absolute atomic E-state index is 0.282. The number of carbonyl (C=O) groups excluding carboxylic acids is 1. The van der Waals surface area contributed by atoms with Crippen molar-refractivity contribution in [1.29, 1.82) is 0 Å². The lowest BCUT2D eigenvalue weighted by atomic mass is 10.1. The molecule has 32 heavy (non-hydrogen) atoms. The van der Waals surface area contributed by atoms with Crippen molar-refractivity contribution in [3.8, 4) is 22.7 Å². The van der Waals surface area contributed by atoms with E-state index < -0.39 is 0 Å². The standard InChI is InChI=1S/C26H24N4O2/c1-18-10-12-21(13-11-18)25-16-24(29-30(25)22-8-4-6-19(2)14-22)26(31)28-27-17-20-7-5-9-23(15-20)32-3/h4-17H,1-3H3,(H,28,31)/b27-17-. The van der Waals surface area contributed by atoms with Crippen LogP contribution in [0, 0.1) is 13.8 Å². The van der Waals surface area contributed by atoms with E-state index in [9.17, 15) is 4.79 Å². The van der Waals surface area contributed by atoms with Gasteiger partial charge >= 0.3 is 0 Å². The molecule has 0 saturated heterocycles. The molecule has 0 unspecified atom stereocenters. The van der Waals surface area contributed by atoms with Gasteiger partial charge in [0.25, 0.3) is 5.91 Å². The van der Waals surface area contributed by atoms with Crippen LogP contribution in [0.15, 0.2) is 84.0 Å². The first kappa shape index (κ1) is 21.1. The third-order valence-corrected chi connectivity index (χ3v) is 5.01. The monoisotopic (exact) mass is 424 g/mol. The van der Waals surface area contributed by atoms with E-state index in [0.29, 0.717) is 0 Å². The van der Waals surface area contributed by atoms with Crippen LogP contribution in [-0.2, 0) is 0 Å². The summed E-state index contributed by atoms with van der Waals surface area (Å²) in [6.07, 6.45) is 1.57. The average molecular weight is 425 g/mol. The lowest BCUT2D eigenvalue weighted by molar-refractivity contribution is 0.0949. The van der Waals surface area contributed by atoms with Crippen molar-refractivity contribution in [2.45, 2.75) is 13.8 Å². The summed E-state index contributed by atoms with van der Waals surface area (Å²) in [6.45, 7) is 4.07. The fraction of sp³-hybridized carbons (Fsp3) is 0.115. The van der Waals surface area contributed by atoms with Crippen LogP contribution in [0.1, 0.15) is 27.2 Å². The van der Waals surface area contributed by atoms with Crippen LogP contribution in [0.2, 0.25) is 0 Å². The zero-order valence-corrected chi connectivity index (χ0v) is 18.2. The fourth-order valence-electron chi connectivity index (χ4n) is 3.32. The Bertz CT molecular complexity index is 1270. The molecule has 1 aromatic heterocycles. The second kappa shape index (κ2) is 9.31. The molecule has 3 aromatic carbocycles. The topological polar surface area (TPSA) is 68.5 Å². The van der Waals surface area contributed by atoms with Crippen molar-refractivity contribution in [2.24, 2.45) is 5.10 Å². The van der Waals surface area contributed by atoms with Crippen LogP contribution in [0.25, 0.3) is 16.9 Å². The van der Waals surface area contributed by atoms with Crippen LogP contribution in [0.3, 0.4) is 0 Å². The van der Waals surface area contributed by atoms with Crippen molar-refractivity contribution in [1.82, 2.24) is 15.2 Å². The van der Waals surface area contributed by atoms with Gasteiger partial charge in [-0.05, 0) is 55.3 Å². The quantitative estimate of drug-likeness (QED) is 0.353. The summed E-state index contributed by atoms with van der Waals surface area (Å²) in [5.41, 5.74) is 8.63. The summed E-state index contributed by atoms with van der Waals surface area (Å²) in [6, 6.07) is 25.3. The number of hydrogen-bond donors (Lipinski definition) is 1. The van der Waals surface area contributed by atoms with Crippen molar-refractivity contribution in [3.05, 3.63) is 101 Å². The Morgan fingerprint density at radius 1 is 0.969 bits per heavy atom. The minimum Gasteiger partial charge on any atom is -0.497 e. The van der Waals surface area contributed by atoms with Gasteiger partial charge < -0.3 is 4.74 Å². The number of aryl methyl sites for hydroxylation is 2. The molecule has 1 heterocycles. The Labute approximate surface area is 187 Å². The number of aromatic nitrogens is 2. The third-order valence-electron chi connectivity index (χ3n) is 5.01. The molecule has 1 N–H and O–H groups in total. The largest absolute Gasteiger partial charge is 0.497 e. The molecule has 0 aliphatic carbocycles. The highest BCUT2D eigenvalue weighted by molar-refractivity contribution is 5.94. The second-order valence-corrected chi connectivity index (χ2v) is 7.51. The number of amides is 1. The lowest BCUT2D eigenvalue weighted by Gasteiger charge is -2.08. The number of hydrazone groups is 1. The molecule has 1 amide bonds. The maximum Gasteiger partial charge on any atom is 0.291 e. The fourth-order valence-corrected chi connectivity index (χ4v) is 3.32. The first-order chi connectivity index (χ1) is 15.5. The van der Waals surface area contributed by atoms with E-state index in [2.05, 4.69) is 15.6 Å². The van der Waals surface area contributed by atoms with E-state index in [0.717, 1.165) is 33.8 Å². The van der Waals surface area contributed by atoms with Crippen LogP contribution < -0.4 is 10.2 Å². The van der Waals surface area contributed by atoms with Gasteiger partial charge in [0, 0.05) is 5.56 Å². The first-order valence-electron chi connectivity index (χ1n) is 10.2. The molecule has 6 heteroatoms. The third kappa shape index (κ3) is 4.75. The highest BCUT2D eigenvalue weighted by Gasteiger charge is 2.16. The summed E-state index contributed by atoms with van der Waals surface area (Å²) in [5, 5.41) is 8.66. The smallest absolute Gasteiger partial charge is 0.291 e. The van der Waals surface area contributed by atoms with Gasteiger partial charge in [-0.2, -0.15) is 10.2 Å². The van der Waals surface area contributed by atoms with E-state index in [4.69, 9.17) is 4.74 Å². The van der Waals surface area contributed by atoms with Gasteiger partial charge in [0.15, 0.2) is 5.69 Å². The molecular weight excluding hydrogens is 400 g/mol. The molecule has 4 aromatic rings. The molecule has 0 spiro atoms. The van der Waals surface area contributed by atoms with Crippen LogP contribution in [0.4, 0.5) is 0 Å². The molecule has 0 saturated carbocycles. The van der Waals surface area contributed by atoms with E-state index >= 15 is 0 Å². The van der Waals surface area contributed by atoms with Crippen molar-refractivity contribution < 1.29 is 9.53 Å². The molecule has 6 nitrogen and oxygen atoms in total. The molecule has 160 valence electrons. The first-order valence-corrected chi connectivity index (χ1v) is 10.2. The summed E-state index contributed by atoms with van der Waals surface area (Å²) in [5.74, 6) is 0.337. The maximum atomic E-state index is 12.8. The van der Waals surface area contributed by atoms with Crippen molar-refractivity contribution in [2.75, 3.05) is 7.11 Å². The second-order valence-electron chi connectivity index (χ2n) is 7.51. The molecule has 0 atom stereocenters. The molecular formula is C26H24N4O2. The molecule has 4 rings (SSSR count). The molecule has 0 bridgehead atoms. The average Bonchev–Trinajstić information content (AvgIpc) is 3.25. The minimum atomic E-state index is -0.385. The normalized spacial score (nSPS) is 11.0. The zero-order chi connectivity index (χ0) is 22.5. The Balaban J connectivity index is 1.63. The van der Waals surface area contributed by atoms with Gasteiger partial charge in [-0.15, -0.1) is 0 Å². The Hall–Kier alpha value is -4.19. The van der Waals surface area contributed by atoms with Gasteiger partial charge in [0.2, 0.25) is 0 Å². The highest BCUT2D eigenvalue weighted by atomic mass is 16.5. The number of ether oxygens (including phenoxy) is 1. The predicted octanol–water partition coefficient (Wildman–Crippen LogP) is 4.93. The van der Waals surface area contributed by atoms with E-state index in [1.165, 1.54) is 5.56 Å². The van der Waals surface area contributed by atoms with Gasteiger partial charge in [0.05, 0.1) is 24.7 Å². The van der Waals surface area contributed by atoms with Crippen LogP contribution in [0.5, 0.6) is 5.75 Å². The van der Waals surface area contributed by atoms with Crippen LogP contribution in [-0.4, -0.2) is 29.0 Å². The SMILES string of the molecule is COc1cccc(/C=N\NC(=O)c2cc(-c3ccc(C)cc3)n(-c3cccc(C)c3)n2)c1. The number of methoxy groups -OCH3 is 1. The number of nitrogens with one attached hydrogen (secondary N) is 1. The molecule has 0 fully saturated rings. The van der Waals surface area contributed by atoms with Crippen molar-refractivity contribution in [3.63, 3.8) is 0 Å². The Kier molecular flexibility index (Phi) is 6.12. The molecule has 0 radical (unpaired) electrons. The number of rotatable bonds is 6. The van der Waals surface area contributed by atoms with E-state index in [-0.39, 0.29) is 11.6 Å². The Morgan fingerprint density at radius 2 is 1.75 bits per heavy atom. The van der Waals surface area contributed by atoms with Gasteiger partial charge in [-0.3, -0.25) is 4.79 Å². The number of benzene rings is 3. The van der Waals surface area contributed by atoms with Gasteiger partial charge in [-0.25, -0.2) is 10.1 Å².